The third-order valence-corrected chi connectivity index (χ3v) is 4.06. The van der Waals surface area contributed by atoms with E-state index in [9.17, 15) is 9.90 Å². The molecule has 5 nitrogen and oxygen atoms in total. The molecular weight excluding hydrogens is 324 g/mol. The number of halogens is 1. The molecule has 1 aromatic carbocycles. The van der Waals surface area contributed by atoms with E-state index in [4.69, 9.17) is 4.74 Å². The Hall–Kier alpha value is -0.950. The minimum absolute atomic E-state index is 0. The Kier molecular flexibility index (Phi) is 8.03. The zero-order chi connectivity index (χ0) is 15.2. The first-order valence-corrected chi connectivity index (χ1v) is 8.25. The molecule has 2 unspecified atom stereocenters. The zero-order valence-corrected chi connectivity index (χ0v) is 14.4. The molecule has 1 heterocycles. The van der Waals surface area contributed by atoms with Gasteiger partial charge in [0.15, 0.2) is 0 Å². The summed E-state index contributed by atoms with van der Waals surface area (Å²) in [6, 6.07) is 7.17. The van der Waals surface area contributed by atoms with Crippen molar-refractivity contribution in [2.45, 2.75) is 32.1 Å². The highest BCUT2D eigenvalue weighted by molar-refractivity contribution is 7.99. The predicted octanol–water partition coefficient (Wildman–Crippen LogP) is 1.71. The van der Waals surface area contributed by atoms with Crippen LogP contribution < -0.4 is 15.4 Å². The minimum atomic E-state index is -0.737. The van der Waals surface area contributed by atoms with Gasteiger partial charge in [0, 0.05) is 18.2 Å². The van der Waals surface area contributed by atoms with Crippen LogP contribution in [0.5, 0.6) is 5.75 Å². The van der Waals surface area contributed by atoms with Crippen LogP contribution in [0, 0.1) is 0 Å². The van der Waals surface area contributed by atoms with Crippen LogP contribution in [-0.4, -0.2) is 41.3 Å². The van der Waals surface area contributed by atoms with Crippen LogP contribution in [0.25, 0.3) is 0 Å². The van der Waals surface area contributed by atoms with Crippen LogP contribution in [0.15, 0.2) is 24.3 Å². The van der Waals surface area contributed by atoms with Gasteiger partial charge in [-0.05, 0) is 31.5 Å². The van der Waals surface area contributed by atoms with Crippen molar-refractivity contribution in [2.24, 2.45) is 0 Å². The molecule has 1 fully saturated rings. The van der Waals surface area contributed by atoms with E-state index >= 15 is 0 Å². The standard InChI is InChI=1S/C15H22N2O3S.ClH/c1-10(2)20-12-5-3-4-11(6-12)14(18)7-16-15(19)13-8-21-9-17-13;/h3-6,10,13-14,17-18H,7-9H2,1-2H3,(H,16,19);1H. The topological polar surface area (TPSA) is 70.6 Å². The maximum atomic E-state index is 11.9. The molecular formula is C15H23ClN2O3S. The van der Waals surface area contributed by atoms with Gasteiger partial charge >= 0.3 is 0 Å². The van der Waals surface area contributed by atoms with Gasteiger partial charge in [-0.3, -0.25) is 10.1 Å². The molecule has 22 heavy (non-hydrogen) atoms. The maximum Gasteiger partial charge on any atom is 0.238 e. The summed E-state index contributed by atoms with van der Waals surface area (Å²) in [4.78, 5) is 11.9. The predicted molar refractivity (Wildman–Crippen MR) is 91.7 cm³/mol. The van der Waals surface area contributed by atoms with Gasteiger partial charge in [0.1, 0.15) is 5.75 Å². The highest BCUT2D eigenvalue weighted by Gasteiger charge is 2.22. The molecule has 0 saturated carbocycles. The number of hydrogen-bond donors (Lipinski definition) is 3. The summed E-state index contributed by atoms with van der Waals surface area (Å²) in [5.74, 6) is 2.24. The van der Waals surface area contributed by atoms with Crippen molar-refractivity contribution in [1.82, 2.24) is 10.6 Å². The zero-order valence-electron chi connectivity index (χ0n) is 12.7. The average molecular weight is 347 g/mol. The van der Waals surface area contributed by atoms with E-state index in [2.05, 4.69) is 10.6 Å². The Morgan fingerprint density at radius 2 is 2.32 bits per heavy atom. The molecule has 7 heteroatoms. The second-order valence-electron chi connectivity index (χ2n) is 5.27. The third kappa shape index (κ3) is 5.68. The van der Waals surface area contributed by atoms with Crippen LogP contribution in [0.1, 0.15) is 25.5 Å². The Morgan fingerprint density at radius 3 is 2.95 bits per heavy atom. The van der Waals surface area contributed by atoms with Crippen LogP contribution >= 0.6 is 24.2 Å². The van der Waals surface area contributed by atoms with E-state index in [0.29, 0.717) is 0 Å². The first-order chi connectivity index (χ1) is 10.1. The number of amides is 1. The number of carbonyl (C=O) groups is 1. The number of aliphatic hydroxyl groups is 1. The smallest absolute Gasteiger partial charge is 0.238 e. The monoisotopic (exact) mass is 346 g/mol. The largest absolute Gasteiger partial charge is 0.491 e. The summed E-state index contributed by atoms with van der Waals surface area (Å²) >= 11 is 1.70. The Balaban J connectivity index is 0.00000242. The molecule has 1 aliphatic rings. The van der Waals surface area contributed by atoms with E-state index < -0.39 is 6.10 Å². The van der Waals surface area contributed by atoms with Crippen LogP contribution in [-0.2, 0) is 4.79 Å². The summed E-state index contributed by atoms with van der Waals surface area (Å²) in [7, 11) is 0. The van der Waals surface area contributed by atoms with Crippen molar-refractivity contribution >= 4 is 30.1 Å². The quantitative estimate of drug-likeness (QED) is 0.731. The molecule has 0 spiro atoms. The Morgan fingerprint density at radius 1 is 1.55 bits per heavy atom. The van der Waals surface area contributed by atoms with Gasteiger partial charge < -0.3 is 15.2 Å². The van der Waals surface area contributed by atoms with Crippen molar-refractivity contribution in [3.63, 3.8) is 0 Å². The van der Waals surface area contributed by atoms with Crippen LogP contribution in [0.2, 0.25) is 0 Å². The number of rotatable bonds is 6. The average Bonchev–Trinajstić information content (AvgIpc) is 2.98. The number of ether oxygens (including phenoxy) is 1. The third-order valence-electron chi connectivity index (χ3n) is 3.12. The first kappa shape index (κ1) is 19.1. The van der Waals surface area contributed by atoms with Crippen LogP contribution in [0.4, 0.5) is 0 Å². The van der Waals surface area contributed by atoms with E-state index in [1.54, 1.807) is 17.8 Å². The molecule has 2 rings (SSSR count). The summed E-state index contributed by atoms with van der Waals surface area (Å²) < 4.78 is 5.60. The van der Waals surface area contributed by atoms with Crippen molar-refractivity contribution in [2.75, 3.05) is 18.2 Å². The number of nitrogens with one attached hydrogen (secondary N) is 2. The normalized spacial score (nSPS) is 18.6. The van der Waals surface area contributed by atoms with Gasteiger partial charge in [-0.25, -0.2) is 0 Å². The highest BCUT2D eigenvalue weighted by Crippen LogP contribution is 2.20. The second kappa shape index (κ2) is 9.25. The molecule has 1 aliphatic heterocycles. The maximum absolute atomic E-state index is 11.9. The molecule has 2 atom stereocenters. The van der Waals surface area contributed by atoms with Crippen molar-refractivity contribution < 1.29 is 14.6 Å². The SMILES string of the molecule is CC(C)Oc1cccc(C(O)CNC(=O)C2CSCN2)c1.Cl. The fourth-order valence-corrected chi connectivity index (χ4v) is 3.01. The van der Waals surface area contributed by atoms with Crippen LogP contribution in [0.3, 0.4) is 0 Å². The number of hydrogen-bond acceptors (Lipinski definition) is 5. The summed E-state index contributed by atoms with van der Waals surface area (Å²) in [5.41, 5.74) is 0.738. The van der Waals surface area contributed by atoms with E-state index in [-0.39, 0.29) is 37.0 Å². The van der Waals surface area contributed by atoms with Gasteiger partial charge in [0.05, 0.1) is 18.2 Å². The minimum Gasteiger partial charge on any atom is -0.491 e. The van der Waals surface area contributed by atoms with Gasteiger partial charge in [-0.1, -0.05) is 12.1 Å². The molecule has 0 radical (unpaired) electrons. The van der Waals surface area contributed by atoms with Crippen molar-refractivity contribution in [3.8, 4) is 5.75 Å². The number of benzene rings is 1. The Labute approximate surface area is 141 Å². The lowest BCUT2D eigenvalue weighted by Crippen LogP contribution is -2.43. The molecule has 1 aromatic rings. The van der Waals surface area contributed by atoms with Gasteiger partial charge in [-0.2, -0.15) is 0 Å². The van der Waals surface area contributed by atoms with Gasteiger partial charge in [-0.15, -0.1) is 24.2 Å². The van der Waals surface area contributed by atoms with E-state index in [1.807, 2.05) is 32.0 Å². The molecule has 0 aliphatic carbocycles. The fourth-order valence-electron chi connectivity index (χ4n) is 2.07. The number of aliphatic hydroxyl groups excluding tert-OH is 1. The van der Waals surface area contributed by atoms with Gasteiger partial charge in [0.25, 0.3) is 0 Å². The van der Waals surface area contributed by atoms with Crippen molar-refractivity contribution in [3.05, 3.63) is 29.8 Å². The highest BCUT2D eigenvalue weighted by atomic mass is 35.5. The summed E-state index contributed by atoms with van der Waals surface area (Å²) in [6.07, 6.45) is -0.651. The molecule has 1 amide bonds. The molecule has 124 valence electrons. The fraction of sp³-hybridized carbons (Fsp3) is 0.533. The first-order valence-electron chi connectivity index (χ1n) is 7.10. The molecule has 1 saturated heterocycles. The van der Waals surface area contributed by atoms with E-state index in [1.165, 1.54) is 0 Å². The number of thioether (sulfide) groups is 1. The molecule has 0 bridgehead atoms. The van der Waals surface area contributed by atoms with Gasteiger partial charge in [0.2, 0.25) is 5.91 Å². The molecule has 0 aromatic heterocycles. The molecule has 3 N–H and O–H groups in total. The summed E-state index contributed by atoms with van der Waals surface area (Å²) in [6.45, 7) is 4.11. The lowest BCUT2D eigenvalue weighted by atomic mass is 10.1. The van der Waals surface area contributed by atoms with Crippen molar-refractivity contribution in [1.29, 1.82) is 0 Å². The Bertz CT molecular complexity index is 482. The number of carbonyl (C=O) groups excluding carboxylic acids is 1. The summed E-state index contributed by atoms with van der Waals surface area (Å²) in [5, 5.41) is 16.1. The van der Waals surface area contributed by atoms with E-state index in [0.717, 1.165) is 22.9 Å². The lowest BCUT2D eigenvalue weighted by molar-refractivity contribution is -0.122. The lowest BCUT2D eigenvalue weighted by Gasteiger charge is -2.16. The second-order valence-corrected chi connectivity index (χ2v) is 6.30.